The first-order valence-corrected chi connectivity index (χ1v) is 7.36. The van der Waals surface area contributed by atoms with Gasteiger partial charge in [-0.3, -0.25) is 5.10 Å². The Bertz CT molecular complexity index is 507. The summed E-state index contributed by atoms with van der Waals surface area (Å²) >= 11 is 0. The van der Waals surface area contributed by atoms with Crippen LogP contribution < -0.4 is 5.32 Å². The van der Waals surface area contributed by atoms with Crippen molar-refractivity contribution in [1.82, 2.24) is 15.5 Å². The van der Waals surface area contributed by atoms with Crippen molar-refractivity contribution >= 4 is 0 Å². The van der Waals surface area contributed by atoms with E-state index in [4.69, 9.17) is 9.47 Å². The van der Waals surface area contributed by atoms with E-state index in [0.717, 1.165) is 23.4 Å². The first-order chi connectivity index (χ1) is 10.3. The van der Waals surface area contributed by atoms with Crippen molar-refractivity contribution in [2.75, 3.05) is 19.8 Å². The molecular weight excluding hydrogens is 266 g/mol. The summed E-state index contributed by atoms with van der Waals surface area (Å²) in [5.74, 6) is 0. The fourth-order valence-electron chi connectivity index (χ4n) is 2.16. The molecular formula is C16H23N3O2. The predicted molar refractivity (Wildman–Crippen MR) is 82.8 cm³/mol. The average Bonchev–Trinajstić information content (AvgIpc) is 2.97. The number of nitrogens with one attached hydrogen (secondary N) is 2. The highest BCUT2D eigenvalue weighted by atomic mass is 16.7. The van der Waals surface area contributed by atoms with E-state index in [2.05, 4.69) is 27.6 Å². The van der Waals surface area contributed by atoms with E-state index in [1.807, 2.05) is 38.2 Å². The third-order valence-electron chi connectivity index (χ3n) is 3.11. The SMILES string of the molecule is CCOC(CNCc1cn[nH]c1-c1ccccc1)OCC. The first-order valence-electron chi connectivity index (χ1n) is 7.36. The van der Waals surface area contributed by atoms with Crippen molar-refractivity contribution in [3.05, 3.63) is 42.1 Å². The minimum absolute atomic E-state index is 0.202. The normalized spacial score (nSPS) is 11.2. The van der Waals surface area contributed by atoms with Crippen LogP contribution in [-0.2, 0) is 16.0 Å². The Kier molecular flexibility index (Phi) is 6.40. The van der Waals surface area contributed by atoms with Gasteiger partial charge in [0.25, 0.3) is 0 Å². The lowest BCUT2D eigenvalue weighted by molar-refractivity contribution is -0.133. The van der Waals surface area contributed by atoms with Gasteiger partial charge in [0.05, 0.1) is 11.9 Å². The second kappa shape index (κ2) is 8.56. The van der Waals surface area contributed by atoms with Crippen LogP contribution in [0.1, 0.15) is 19.4 Å². The predicted octanol–water partition coefficient (Wildman–Crippen LogP) is 2.57. The molecule has 1 aromatic heterocycles. The van der Waals surface area contributed by atoms with Gasteiger partial charge in [0.15, 0.2) is 6.29 Å². The topological polar surface area (TPSA) is 59.2 Å². The second-order valence-electron chi connectivity index (χ2n) is 4.61. The minimum atomic E-state index is -0.202. The van der Waals surface area contributed by atoms with Gasteiger partial charge in [0.2, 0.25) is 0 Å². The van der Waals surface area contributed by atoms with Gasteiger partial charge in [-0.15, -0.1) is 0 Å². The third-order valence-corrected chi connectivity index (χ3v) is 3.11. The van der Waals surface area contributed by atoms with Crippen LogP contribution in [-0.4, -0.2) is 36.2 Å². The van der Waals surface area contributed by atoms with Crippen molar-refractivity contribution in [2.45, 2.75) is 26.7 Å². The highest BCUT2D eigenvalue weighted by Gasteiger charge is 2.10. The molecule has 0 bridgehead atoms. The first kappa shape index (κ1) is 15.7. The molecule has 0 unspecified atom stereocenters. The van der Waals surface area contributed by atoms with Gasteiger partial charge in [-0.05, 0) is 19.4 Å². The number of H-pyrrole nitrogens is 1. The Morgan fingerprint density at radius 3 is 2.52 bits per heavy atom. The zero-order valence-electron chi connectivity index (χ0n) is 12.6. The highest BCUT2D eigenvalue weighted by molar-refractivity contribution is 5.62. The number of hydrogen-bond acceptors (Lipinski definition) is 4. The van der Waals surface area contributed by atoms with Crippen LogP contribution in [0, 0.1) is 0 Å². The molecule has 0 aliphatic heterocycles. The number of hydrogen-bond donors (Lipinski definition) is 2. The summed E-state index contributed by atoms with van der Waals surface area (Å²) in [6.45, 7) is 6.60. The maximum Gasteiger partial charge on any atom is 0.169 e. The lowest BCUT2D eigenvalue weighted by Gasteiger charge is -2.17. The van der Waals surface area contributed by atoms with Gasteiger partial charge < -0.3 is 14.8 Å². The Labute approximate surface area is 125 Å². The zero-order chi connectivity index (χ0) is 14.9. The molecule has 0 atom stereocenters. The fourth-order valence-corrected chi connectivity index (χ4v) is 2.16. The summed E-state index contributed by atoms with van der Waals surface area (Å²) in [5.41, 5.74) is 3.32. The Morgan fingerprint density at radius 1 is 1.14 bits per heavy atom. The van der Waals surface area contributed by atoms with E-state index in [1.165, 1.54) is 0 Å². The van der Waals surface area contributed by atoms with Crippen LogP contribution in [0.5, 0.6) is 0 Å². The zero-order valence-corrected chi connectivity index (χ0v) is 12.6. The number of nitrogens with zero attached hydrogens (tertiary/aromatic N) is 1. The molecule has 0 amide bonds. The van der Waals surface area contributed by atoms with Crippen molar-refractivity contribution in [1.29, 1.82) is 0 Å². The van der Waals surface area contributed by atoms with Gasteiger partial charge in [0, 0.05) is 31.9 Å². The van der Waals surface area contributed by atoms with E-state index in [-0.39, 0.29) is 6.29 Å². The van der Waals surface area contributed by atoms with E-state index >= 15 is 0 Å². The summed E-state index contributed by atoms with van der Waals surface area (Å²) in [7, 11) is 0. The molecule has 0 aliphatic rings. The summed E-state index contributed by atoms with van der Waals surface area (Å²) in [4.78, 5) is 0. The van der Waals surface area contributed by atoms with E-state index in [9.17, 15) is 0 Å². The number of ether oxygens (including phenoxy) is 2. The van der Waals surface area contributed by atoms with E-state index < -0.39 is 0 Å². The maximum atomic E-state index is 5.51. The number of benzene rings is 1. The fraction of sp³-hybridized carbons (Fsp3) is 0.438. The molecule has 0 radical (unpaired) electrons. The van der Waals surface area contributed by atoms with Crippen LogP contribution in [0.3, 0.4) is 0 Å². The molecule has 5 heteroatoms. The molecule has 114 valence electrons. The van der Waals surface area contributed by atoms with Crippen LogP contribution in [0.15, 0.2) is 36.5 Å². The molecule has 1 heterocycles. The third kappa shape index (κ3) is 4.67. The molecule has 2 aromatic rings. The van der Waals surface area contributed by atoms with Crippen LogP contribution in [0.25, 0.3) is 11.3 Å². The summed E-state index contributed by atoms with van der Waals surface area (Å²) < 4.78 is 11.0. The monoisotopic (exact) mass is 289 g/mol. The Balaban J connectivity index is 1.91. The highest BCUT2D eigenvalue weighted by Crippen LogP contribution is 2.20. The van der Waals surface area contributed by atoms with Gasteiger partial charge in [0.1, 0.15) is 0 Å². The number of aromatic amines is 1. The molecule has 2 rings (SSSR count). The molecule has 0 aliphatic carbocycles. The molecule has 21 heavy (non-hydrogen) atoms. The van der Waals surface area contributed by atoms with Gasteiger partial charge in [-0.25, -0.2) is 0 Å². The summed E-state index contributed by atoms with van der Waals surface area (Å²) in [6.07, 6.45) is 1.65. The smallest absolute Gasteiger partial charge is 0.169 e. The van der Waals surface area contributed by atoms with Crippen LogP contribution >= 0.6 is 0 Å². The van der Waals surface area contributed by atoms with Crippen LogP contribution in [0.2, 0.25) is 0 Å². The standard InChI is InChI=1S/C16H23N3O2/c1-3-20-15(21-4-2)12-17-10-14-11-18-19-16(14)13-8-6-5-7-9-13/h5-9,11,15,17H,3-4,10,12H2,1-2H3,(H,18,19). The van der Waals surface area contributed by atoms with Crippen molar-refractivity contribution < 1.29 is 9.47 Å². The lowest BCUT2D eigenvalue weighted by atomic mass is 10.1. The van der Waals surface area contributed by atoms with Gasteiger partial charge in [-0.1, -0.05) is 30.3 Å². The van der Waals surface area contributed by atoms with Gasteiger partial charge >= 0.3 is 0 Å². The molecule has 0 spiro atoms. The molecule has 0 saturated heterocycles. The number of rotatable bonds is 9. The van der Waals surface area contributed by atoms with E-state index in [1.54, 1.807) is 0 Å². The molecule has 5 nitrogen and oxygen atoms in total. The molecule has 1 aromatic carbocycles. The lowest BCUT2D eigenvalue weighted by Crippen LogP contribution is -2.31. The maximum absolute atomic E-state index is 5.51. The number of aromatic nitrogens is 2. The Hall–Kier alpha value is -1.69. The molecule has 2 N–H and O–H groups in total. The summed E-state index contributed by atoms with van der Waals surface area (Å²) in [6, 6.07) is 10.2. The summed E-state index contributed by atoms with van der Waals surface area (Å²) in [5, 5.41) is 10.6. The molecule has 0 saturated carbocycles. The Morgan fingerprint density at radius 2 is 1.86 bits per heavy atom. The largest absolute Gasteiger partial charge is 0.352 e. The van der Waals surface area contributed by atoms with Crippen molar-refractivity contribution in [3.63, 3.8) is 0 Å². The second-order valence-corrected chi connectivity index (χ2v) is 4.61. The van der Waals surface area contributed by atoms with Gasteiger partial charge in [-0.2, -0.15) is 5.10 Å². The van der Waals surface area contributed by atoms with Crippen LogP contribution in [0.4, 0.5) is 0 Å². The van der Waals surface area contributed by atoms with Crippen molar-refractivity contribution in [3.8, 4) is 11.3 Å². The van der Waals surface area contributed by atoms with E-state index in [0.29, 0.717) is 19.8 Å². The average molecular weight is 289 g/mol. The van der Waals surface area contributed by atoms with Crippen molar-refractivity contribution in [2.24, 2.45) is 0 Å². The molecule has 0 fully saturated rings. The minimum Gasteiger partial charge on any atom is -0.352 e. The quantitative estimate of drug-likeness (QED) is 0.697.